The van der Waals surface area contributed by atoms with E-state index in [0.717, 1.165) is 55.6 Å². The number of aromatic nitrogens is 7. The third-order valence-electron chi connectivity index (χ3n) is 5.78. The van der Waals surface area contributed by atoms with Crippen molar-refractivity contribution >= 4 is 44.1 Å². The van der Waals surface area contributed by atoms with Crippen molar-refractivity contribution in [2.75, 3.05) is 0 Å². The SMILES string of the molecule is c1ccc(-n2c3cccnc3c3nc4c5ncccc5n(-c5ccncn5)c4cc32)cc1. The number of para-hydroxylation sites is 1. The number of rotatable bonds is 2. The van der Waals surface area contributed by atoms with Crippen LogP contribution in [0.4, 0.5) is 0 Å². The first-order valence-corrected chi connectivity index (χ1v) is 10.3. The summed E-state index contributed by atoms with van der Waals surface area (Å²) >= 11 is 0. The molecule has 0 saturated carbocycles. The van der Waals surface area contributed by atoms with Crippen molar-refractivity contribution in [1.29, 1.82) is 0 Å². The molecule has 0 amide bonds. The van der Waals surface area contributed by atoms with Crippen LogP contribution >= 0.6 is 0 Å². The van der Waals surface area contributed by atoms with Gasteiger partial charge in [-0.2, -0.15) is 0 Å². The molecule has 0 aliphatic heterocycles. The van der Waals surface area contributed by atoms with Crippen molar-refractivity contribution in [2.24, 2.45) is 0 Å². The fourth-order valence-corrected chi connectivity index (χ4v) is 4.48. The normalized spacial score (nSPS) is 11.8. The first-order valence-electron chi connectivity index (χ1n) is 10.3. The minimum atomic E-state index is 0.773. The molecule has 0 aliphatic rings. The summed E-state index contributed by atoms with van der Waals surface area (Å²) in [5, 5.41) is 0. The fraction of sp³-hybridized carbons (Fsp3) is 0. The predicted molar refractivity (Wildman–Crippen MR) is 124 cm³/mol. The summed E-state index contributed by atoms with van der Waals surface area (Å²) in [4.78, 5) is 23.0. The molecule has 7 rings (SSSR count). The fourth-order valence-electron chi connectivity index (χ4n) is 4.48. The average Bonchev–Trinajstić information content (AvgIpc) is 3.36. The molecular weight excluding hydrogens is 398 g/mol. The minimum absolute atomic E-state index is 0.773. The third kappa shape index (κ3) is 2.27. The number of fused-ring (bicyclic) bond motifs is 6. The Kier molecular flexibility index (Phi) is 3.43. The van der Waals surface area contributed by atoms with E-state index in [9.17, 15) is 0 Å². The van der Waals surface area contributed by atoms with Gasteiger partial charge in [0.05, 0.1) is 22.1 Å². The lowest BCUT2D eigenvalue weighted by Gasteiger charge is -2.08. The standard InChI is InChI=1S/C25H15N7/c1-2-6-16(7-3-1)31-17-8-4-11-27-22(17)24-19(31)14-20-25(30-24)23-18(9-5-12-28-23)32(20)21-10-13-26-15-29-21/h1-15H. The van der Waals surface area contributed by atoms with Gasteiger partial charge in [-0.25, -0.2) is 15.0 Å². The van der Waals surface area contributed by atoms with E-state index in [4.69, 9.17) is 4.98 Å². The van der Waals surface area contributed by atoms with Gasteiger partial charge in [-0.05, 0) is 48.5 Å². The molecule has 32 heavy (non-hydrogen) atoms. The largest absolute Gasteiger partial charge is 0.306 e. The van der Waals surface area contributed by atoms with Crippen molar-refractivity contribution in [1.82, 2.24) is 34.1 Å². The molecule has 0 unspecified atom stereocenters. The Morgan fingerprint density at radius 2 is 1.22 bits per heavy atom. The second-order valence-corrected chi connectivity index (χ2v) is 7.54. The van der Waals surface area contributed by atoms with Gasteiger partial charge in [0.1, 0.15) is 34.2 Å². The van der Waals surface area contributed by atoms with Crippen molar-refractivity contribution in [2.45, 2.75) is 0 Å². The van der Waals surface area contributed by atoms with Crippen LogP contribution in [0.2, 0.25) is 0 Å². The maximum atomic E-state index is 5.12. The van der Waals surface area contributed by atoms with Crippen molar-refractivity contribution in [3.63, 3.8) is 0 Å². The lowest BCUT2D eigenvalue weighted by Crippen LogP contribution is -1.98. The van der Waals surface area contributed by atoms with Gasteiger partial charge < -0.3 is 4.57 Å². The molecule has 7 heteroatoms. The van der Waals surface area contributed by atoms with Crippen molar-refractivity contribution in [3.8, 4) is 11.5 Å². The summed E-state index contributed by atoms with van der Waals surface area (Å²) < 4.78 is 4.30. The highest BCUT2D eigenvalue weighted by atomic mass is 15.1. The molecule has 0 spiro atoms. The summed E-state index contributed by atoms with van der Waals surface area (Å²) in [5.74, 6) is 0.773. The third-order valence-corrected chi connectivity index (χ3v) is 5.78. The molecule has 0 N–H and O–H groups in total. The quantitative estimate of drug-likeness (QED) is 0.405. The van der Waals surface area contributed by atoms with Gasteiger partial charge in [0.25, 0.3) is 0 Å². The maximum Gasteiger partial charge on any atom is 0.141 e. The van der Waals surface area contributed by atoms with E-state index < -0.39 is 0 Å². The minimum Gasteiger partial charge on any atom is -0.306 e. The van der Waals surface area contributed by atoms with Crippen LogP contribution in [0.3, 0.4) is 0 Å². The summed E-state index contributed by atoms with van der Waals surface area (Å²) in [7, 11) is 0. The molecule has 7 aromatic rings. The molecule has 0 fully saturated rings. The van der Waals surface area contributed by atoms with Crippen LogP contribution in [0.5, 0.6) is 0 Å². The van der Waals surface area contributed by atoms with Crippen LogP contribution in [0.25, 0.3) is 55.6 Å². The molecular formula is C25H15N7. The van der Waals surface area contributed by atoms with Gasteiger partial charge in [-0.1, -0.05) is 18.2 Å². The zero-order valence-electron chi connectivity index (χ0n) is 16.8. The topological polar surface area (TPSA) is 74.3 Å². The molecule has 1 aromatic carbocycles. The molecule has 150 valence electrons. The van der Waals surface area contributed by atoms with Crippen LogP contribution in [0.15, 0.2) is 91.6 Å². The van der Waals surface area contributed by atoms with E-state index in [0.29, 0.717) is 0 Å². The molecule has 6 aromatic heterocycles. The van der Waals surface area contributed by atoms with Gasteiger partial charge in [0.15, 0.2) is 0 Å². The Labute approximate surface area is 181 Å². The van der Waals surface area contributed by atoms with Crippen LogP contribution in [-0.4, -0.2) is 34.1 Å². The first kappa shape index (κ1) is 17.1. The number of benzene rings is 1. The maximum absolute atomic E-state index is 5.12. The second kappa shape index (κ2) is 6.42. The lowest BCUT2D eigenvalue weighted by molar-refractivity contribution is 1.04. The van der Waals surface area contributed by atoms with E-state index in [-0.39, 0.29) is 0 Å². The first-order chi connectivity index (χ1) is 15.9. The Bertz CT molecular complexity index is 1640. The van der Waals surface area contributed by atoms with Crippen LogP contribution in [0.1, 0.15) is 0 Å². The molecule has 0 radical (unpaired) electrons. The van der Waals surface area contributed by atoms with Crippen LogP contribution in [0, 0.1) is 0 Å². The highest BCUT2D eigenvalue weighted by Crippen LogP contribution is 2.35. The van der Waals surface area contributed by atoms with E-state index >= 15 is 0 Å². The Morgan fingerprint density at radius 3 is 1.91 bits per heavy atom. The molecule has 0 atom stereocenters. The van der Waals surface area contributed by atoms with E-state index in [1.165, 1.54) is 0 Å². The molecule has 6 heterocycles. The van der Waals surface area contributed by atoms with Crippen LogP contribution < -0.4 is 0 Å². The molecule has 0 bridgehead atoms. The Balaban J connectivity index is 1.71. The van der Waals surface area contributed by atoms with E-state index in [1.807, 2.05) is 48.7 Å². The van der Waals surface area contributed by atoms with Gasteiger partial charge in [-0.3, -0.25) is 14.5 Å². The highest BCUT2D eigenvalue weighted by molar-refractivity contribution is 6.13. The summed E-state index contributed by atoms with van der Waals surface area (Å²) in [5.41, 5.74) is 8.31. The second-order valence-electron chi connectivity index (χ2n) is 7.54. The molecule has 7 nitrogen and oxygen atoms in total. The van der Waals surface area contributed by atoms with Gasteiger partial charge in [0.2, 0.25) is 0 Å². The smallest absolute Gasteiger partial charge is 0.141 e. The molecule has 0 saturated heterocycles. The average molecular weight is 413 g/mol. The number of nitrogens with zero attached hydrogens (tertiary/aromatic N) is 7. The molecule has 0 aliphatic carbocycles. The van der Waals surface area contributed by atoms with Crippen molar-refractivity contribution in [3.05, 3.63) is 91.6 Å². The van der Waals surface area contributed by atoms with Crippen molar-refractivity contribution < 1.29 is 0 Å². The lowest BCUT2D eigenvalue weighted by atomic mass is 10.3. The Hall–Kier alpha value is -4.65. The predicted octanol–water partition coefficient (Wildman–Crippen LogP) is 4.86. The van der Waals surface area contributed by atoms with Gasteiger partial charge in [0, 0.05) is 24.3 Å². The van der Waals surface area contributed by atoms with Crippen LogP contribution in [-0.2, 0) is 0 Å². The number of pyridine rings is 3. The number of hydrogen-bond donors (Lipinski definition) is 0. The van der Waals surface area contributed by atoms with E-state index in [1.54, 1.807) is 18.7 Å². The summed E-state index contributed by atoms with van der Waals surface area (Å²) in [6.07, 6.45) is 6.91. The Morgan fingerprint density at radius 1 is 0.531 bits per heavy atom. The van der Waals surface area contributed by atoms with Gasteiger partial charge in [-0.15, -0.1) is 0 Å². The summed E-state index contributed by atoms with van der Waals surface area (Å²) in [6.45, 7) is 0. The monoisotopic (exact) mass is 413 g/mol. The number of hydrogen-bond acceptors (Lipinski definition) is 5. The summed E-state index contributed by atoms with van der Waals surface area (Å²) in [6, 6.07) is 22.3. The highest BCUT2D eigenvalue weighted by Gasteiger charge is 2.20. The zero-order valence-corrected chi connectivity index (χ0v) is 16.8. The zero-order chi connectivity index (χ0) is 21.1. The van der Waals surface area contributed by atoms with Gasteiger partial charge >= 0.3 is 0 Å². The van der Waals surface area contributed by atoms with E-state index in [2.05, 4.69) is 53.3 Å².